The van der Waals surface area contributed by atoms with Crippen LogP contribution in [0.25, 0.3) is 10.9 Å². The molecule has 0 saturated carbocycles. The Morgan fingerprint density at radius 3 is 2.87 bits per heavy atom. The number of aryl methyl sites for hydroxylation is 1. The van der Waals surface area contributed by atoms with Crippen molar-refractivity contribution in [2.45, 2.75) is 13.3 Å². The average molecular weight is 207 g/mol. The van der Waals surface area contributed by atoms with Crippen molar-refractivity contribution in [2.24, 2.45) is 0 Å². The van der Waals surface area contributed by atoms with E-state index in [1.807, 2.05) is 6.92 Å². The third-order valence-corrected chi connectivity index (χ3v) is 2.42. The van der Waals surface area contributed by atoms with Crippen LogP contribution in [0, 0.1) is 5.82 Å². The van der Waals surface area contributed by atoms with Gasteiger partial charge in [0.1, 0.15) is 5.82 Å². The molecule has 0 radical (unpaired) electrons. The lowest BCUT2D eigenvalue weighted by Gasteiger charge is -1.96. The standard InChI is InChI=1S/C11H10FNO2/c1-2-7-10(11(14)15)9-6(12)4-3-5-8(9)13-7/h3-5,13H,2H2,1H3,(H,14,15). The monoisotopic (exact) mass is 207 g/mol. The topological polar surface area (TPSA) is 53.1 Å². The molecule has 0 spiro atoms. The first-order valence-electron chi connectivity index (χ1n) is 4.67. The lowest BCUT2D eigenvalue weighted by molar-refractivity contribution is 0.0697. The number of halogens is 1. The summed E-state index contributed by atoms with van der Waals surface area (Å²) in [6.45, 7) is 1.83. The van der Waals surface area contributed by atoms with Crippen molar-refractivity contribution in [2.75, 3.05) is 0 Å². The molecular weight excluding hydrogens is 197 g/mol. The molecule has 2 rings (SSSR count). The fourth-order valence-electron chi connectivity index (χ4n) is 1.76. The Labute approximate surface area is 85.5 Å². The van der Waals surface area contributed by atoms with Crippen molar-refractivity contribution >= 4 is 16.9 Å². The van der Waals surface area contributed by atoms with Crippen LogP contribution in [0.4, 0.5) is 4.39 Å². The van der Waals surface area contributed by atoms with Gasteiger partial charge in [-0.25, -0.2) is 9.18 Å². The summed E-state index contributed by atoms with van der Waals surface area (Å²) in [5.41, 5.74) is 1.14. The second-order valence-electron chi connectivity index (χ2n) is 3.30. The van der Waals surface area contributed by atoms with Crippen LogP contribution in [0.15, 0.2) is 18.2 Å². The number of carboxylic acids is 1. The van der Waals surface area contributed by atoms with Crippen LogP contribution < -0.4 is 0 Å². The molecule has 0 saturated heterocycles. The Hall–Kier alpha value is -1.84. The van der Waals surface area contributed by atoms with Gasteiger partial charge in [-0.2, -0.15) is 0 Å². The summed E-state index contributed by atoms with van der Waals surface area (Å²) < 4.78 is 13.5. The van der Waals surface area contributed by atoms with Gasteiger partial charge in [-0.15, -0.1) is 0 Å². The number of fused-ring (bicyclic) bond motifs is 1. The Bertz CT molecular complexity index is 531. The minimum atomic E-state index is -1.09. The largest absolute Gasteiger partial charge is 0.478 e. The molecule has 0 aliphatic heterocycles. The summed E-state index contributed by atoms with van der Waals surface area (Å²) in [5.74, 6) is -1.59. The van der Waals surface area contributed by atoms with Gasteiger partial charge < -0.3 is 10.1 Å². The van der Waals surface area contributed by atoms with E-state index in [4.69, 9.17) is 5.11 Å². The van der Waals surface area contributed by atoms with Crippen LogP contribution in [-0.2, 0) is 6.42 Å². The highest BCUT2D eigenvalue weighted by Gasteiger charge is 2.18. The number of carbonyl (C=O) groups is 1. The number of aromatic carboxylic acids is 1. The maximum atomic E-state index is 13.5. The Kier molecular flexibility index (Phi) is 2.19. The minimum absolute atomic E-state index is 0.0469. The van der Waals surface area contributed by atoms with Gasteiger partial charge in [0.05, 0.1) is 10.9 Å². The van der Waals surface area contributed by atoms with E-state index in [9.17, 15) is 9.18 Å². The van der Waals surface area contributed by atoms with Gasteiger partial charge >= 0.3 is 5.97 Å². The van der Waals surface area contributed by atoms with Crippen molar-refractivity contribution in [1.82, 2.24) is 4.98 Å². The molecular formula is C11H10FNO2. The number of hydrogen-bond donors (Lipinski definition) is 2. The predicted octanol–water partition coefficient (Wildman–Crippen LogP) is 2.57. The van der Waals surface area contributed by atoms with E-state index in [1.54, 1.807) is 12.1 Å². The number of rotatable bonds is 2. The van der Waals surface area contributed by atoms with Gasteiger partial charge in [-0.3, -0.25) is 0 Å². The van der Waals surface area contributed by atoms with Crippen LogP contribution in [0.1, 0.15) is 23.0 Å². The fourth-order valence-corrected chi connectivity index (χ4v) is 1.76. The zero-order chi connectivity index (χ0) is 11.0. The summed E-state index contributed by atoms with van der Waals surface area (Å²) in [5, 5.41) is 9.19. The molecule has 0 unspecified atom stereocenters. The second kappa shape index (κ2) is 3.38. The highest BCUT2D eigenvalue weighted by Crippen LogP contribution is 2.25. The summed E-state index contributed by atoms with van der Waals surface area (Å²) in [7, 11) is 0. The number of benzene rings is 1. The summed E-state index contributed by atoms with van der Waals surface area (Å²) in [4.78, 5) is 13.9. The van der Waals surface area contributed by atoms with Crippen LogP contribution >= 0.6 is 0 Å². The predicted molar refractivity (Wildman–Crippen MR) is 54.6 cm³/mol. The van der Waals surface area contributed by atoms with Crippen LogP contribution in [0.2, 0.25) is 0 Å². The highest BCUT2D eigenvalue weighted by molar-refractivity contribution is 6.04. The molecule has 78 valence electrons. The molecule has 2 aromatic rings. The van der Waals surface area contributed by atoms with E-state index in [0.29, 0.717) is 17.6 Å². The van der Waals surface area contributed by atoms with E-state index in [-0.39, 0.29) is 10.9 Å². The van der Waals surface area contributed by atoms with Crippen LogP contribution in [0.5, 0.6) is 0 Å². The molecule has 0 aliphatic rings. The molecule has 0 bridgehead atoms. The number of nitrogens with one attached hydrogen (secondary N) is 1. The van der Waals surface area contributed by atoms with E-state index in [2.05, 4.69) is 4.98 Å². The van der Waals surface area contributed by atoms with Crippen LogP contribution in [-0.4, -0.2) is 16.1 Å². The zero-order valence-corrected chi connectivity index (χ0v) is 8.17. The van der Waals surface area contributed by atoms with Gasteiger partial charge in [0.25, 0.3) is 0 Å². The third kappa shape index (κ3) is 1.38. The average Bonchev–Trinajstić information content (AvgIpc) is 2.57. The van der Waals surface area contributed by atoms with Crippen molar-refractivity contribution in [3.63, 3.8) is 0 Å². The van der Waals surface area contributed by atoms with E-state index < -0.39 is 11.8 Å². The molecule has 3 nitrogen and oxygen atoms in total. The highest BCUT2D eigenvalue weighted by atomic mass is 19.1. The molecule has 1 aromatic carbocycles. The lowest BCUT2D eigenvalue weighted by Crippen LogP contribution is -2.00. The Morgan fingerprint density at radius 1 is 1.53 bits per heavy atom. The molecule has 2 N–H and O–H groups in total. The first-order valence-corrected chi connectivity index (χ1v) is 4.67. The van der Waals surface area contributed by atoms with Crippen molar-refractivity contribution in [1.29, 1.82) is 0 Å². The van der Waals surface area contributed by atoms with E-state index >= 15 is 0 Å². The van der Waals surface area contributed by atoms with Gasteiger partial charge in [-0.1, -0.05) is 13.0 Å². The molecule has 0 atom stereocenters. The molecule has 1 aromatic heterocycles. The van der Waals surface area contributed by atoms with Crippen molar-refractivity contribution < 1.29 is 14.3 Å². The van der Waals surface area contributed by atoms with Gasteiger partial charge in [-0.05, 0) is 18.6 Å². The maximum Gasteiger partial charge on any atom is 0.338 e. The smallest absolute Gasteiger partial charge is 0.338 e. The molecule has 1 heterocycles. The van der Waals surface area contributed by atoms with Crippen molar-refractivity contribution in [3.05, 3.63) is 35.3 Å². The molecule has 0 amide bonds. The number of hydrogen-bond acceptors (Lipinski definition) is 1. The van der Waals surface area contributed by atoms with Gasteiger partial charge in [0.15, 0.2) is 0 Å². The van der Waals surface area contributed by atoms with Gasteiger partial charge in [0.2, 0.25) is 0 Å². The number of aromatic amines is 1. The summed E-state index contributed by atoms with van der Waals surface area (Å²) in [6, 6.07) is 4.49. The second-order valence-corrected chi connectivity index (χ2v) is 3.30. The Morgan fingerprint density at radius 2 is 2.27 bits per heavy atom. The third-order valence-electron chi connectivity index (χ3n) is 2.42. The van der Waals surface area contributed by atoms with Crippen LogP contribution in [0.3, 0.4) is 0 Å². The quantitative estimate of drug-likeness (QED) is 0.795. The summed E-state index contributed by atoms with van der Waals surface area (Å²) in [6.07, 6.45) is 0.537. The molecule has 0 aliphatic carbocycles. The summed E-state index contributed by atoms with van der Waals surface area (Å²) >= 11 is 0. The zero-order valence-electron chi connectivity index (χ0n) is 8.17. The SMILES string of the molecule is CCc1[nH]c2cccc(F)c2c1C(=O)O. The first kappa shape index (κ1) is 9.71. The van der Waals surface area contributed by atoms with E-state index in [0.717, 1.165) is 0 Å². The maximum absolute atomic E-state index is 13.5. The lowest BCUT2D eigenvalue weighted by atomic mass is 10.1. The number of aromatic nitrogens is 1. The molecule has 15 heavy (non-hydrogen) atoms. The minimum Gasteiger partial charge on any atom is -0.478 e. The van der Waals surface area contributed by atoms with Crippen molar-refractivity contribution in [3.8, 4) is 0 Å². The number of carboxylic acid groups (broad SMARTS) is 1. The van der Waals surface area contributed by atoms with E-state index in [1.165, 1.54) is 6.07 Å². The number of H-pyrrole nitrogens is 1. The van der Waals surface area contributed by atoms with Gasteiger partial charge in [0, 0.05) is 11.2 Å². The first-order chi connectivity index (χ1) is 7.15. The normalized spacial score (nSPS) is 10.8. The molecule has 0 fully saturated rings. The Balaban J connectivity index is 2.88. The fraction of sp³-hybridized carbons (Fsp3) is 0.182. The molecule has 4 heteroatoms.